The molecule has 136 valence electrons. The number of carbonyl (C=O) groups excluding carboxylic acids is 1. The maximum atomic E-state index is 12.5. The quantitative estimate of drug-likeness (QED) is 0.721. The zero-order valence-corrected chi connectivity index (χ0v) is 15.0. The molecule has 2 aromatic carbocycles. The fraction of sp³-hybridized carbons (Fsp3) is 0.158. The number of carbonyl (C=O) groups is 1. The molecule has 0 aliphatic carbocycles. The first-order valence-corrected chi connectivity index (χ1v) is 8.02. The Morgan fingerprint density at radius 3 is 2.70 bits per heavy atom. The van der Waals surface area contributed by atoms with E-state index in [-0.39, 0.29) is 5.95 Å². The van der Waals surface area contributed by atoms with Gasteiger partial charge in [-0.1, -0.05) is 6.07 Å². The number of aromatic amines is 1. The maximum Gasteiger partial charge on any atom is 0.258 e. The SMILES string of the molecule is COc1ccc(-c2nc(NC(=O)c3cc(C#N)ccc3C)n[nH]2)c(OC)c1. The van der Waals surface area contributed by atoms with Crippen LogP contribution < -0.4 is 14.8 Å². The predicted molar refractivity (Wildman–Crippen MR) is 98.8 cm³/mol. The van der Waals surface area contributed by atoms with Crippen molar-refractivity contribution in [2.45, 2.75) is 6.92 Å². The number of methoxy groups -OCH3 is 2. The first-order chi connectivity index (χ1) is 13.0. The summed E-state index contributed by atoms with van der Waals surface area (Å²) in [5.41, 5.74) is 2.22. The van der Waals surface area contributed by atoms with Gasteiger partial charge in [0, 0.05) is 11.6 Å². The van der Waals surface area contributed by atoms with Crippen molar-refractivity contribution in [1.29, 1.82) is 5.26 Å². The Labute approximate surface area is 155 Å². The number of hydrogen-bond donors (Lipinski definition) is 2. The molecule has 0 aliphatic heterocycles. The predicted octanol–water partition coefficient (Wildman–Crippen LogP) is 2.92. The summed E-state index contributed by atoms with van der Waals surface area (Å²) >= 11 is 0. The molecule has 0 spiro atoms. The number of ether oxygens (including phenoxy) is 2. The third-order valence-electron chi connectivity index (χ3n) is 3.99. The van der Waals surface area contributed by atoms with Gasteiger partial charge in [-0.25, -0.2) is 0 Å². The van der Waals surface area contributed by atoms with Gasteiger partial charge in [-0.15, -0.1) is 5.10 Å². The lowest BCUT2D eigenvalue weighted by atomic mass is 10.1. The number of rotatable bonds is 5. The highest BCUT2D eigenvalue weighted by Gasteiger charge is 2.15. The Balaban J connectivity index is 1.85. The van der Waals surface area contributed by atoms with Crippen molar-refractivity contribution >= 4 is 11.9 Å². The van der Waals surface area contributed by atoms with Crippen molar-refractivity contribution in [2.24, 2.45) is 0 Å². The van der Waals surface area contributed by atoms with Crippen molar-refractivity contribution < 1.29 is 14.3 Å². The normalized spacial score (nSPS) is 10.1. The standard InChI is InChI=1S/C19H17N5O3/c1-11-4-5-12(10-20)8-15(11)18(25)22-19-21-17(23-24-19)14-7-6-13(26-2)9-16(14)27-3/h4-9H,1-3H3,(H2,21,22,23,24,25). The number of amides is 1. The Hall–Kier alpha value is -3.86. The second kappa shape index (κ2) is 7.58. The van der Waals surface area contributed by atoms with Crippen molar-refractivity contribution in [3.63, 3.8) is 0 Å². The van der Waals surface area contributed by atoms with E-state index in [0.717, 1.165) is 5.56 Å². The number of benzene rings is 2. The third kappa shape index (κ3) is 3.72. The van der Waals surface area contributed by atoms with Crippen molar-refractivity contribution in [1.82, 2.24) is 15.2 Å². The number of nitrogens with zero attached hydrogens (tertiary/aromatic N) is 3. The minimum absolute atomic E-state index is 0.120. The van der Waals surface area contributed by atoms with E-state index in [1.807, 2.05) is 6.07 Å². The van der Waals surface area contributed by atoms with Gasteiger partial charge in [0.05, 0.1) is 31.4 Å². The highest BCUT2D eigenvalue weighted by molar-refractivity contribution is 6.04. The molecule has 3 aromatic rings. The van der Waals surface area contributed by atoms with Gasteiger partial charge in [-0.05, 0) is 36.8 Å². The van der Waals surface area contributed by atoms with E-state index in [9.17, 15) is 4.79 Å². The molecule has 8 heteroatoms. The van der Waals surface area contributed by atoms with E-state index in [4.69, 9.17) is 14.7 Å². The van der Waals surface area contributed by atoms with E-state index in [1.165, 1.54) is 6.07 Å². The van der Waals surface area contributed by atoms with Crippen LogP contribution in [-0.2, 0) is 0 Å². The zero-order valence-electron chi connectivity index (χ0n) is 15.0. The van der Waals surface area contributed by atoms with Crippen LogP contribution in [-0.4, -0.2) is 35.3 Å². The third-order valence-corrected chi connectivity index (χ3v) is 3.99. The highest BCUT2D eigenvalue weighted by Crippen LogP contribution is 2.31. The number of H-pyrrole nitrogens is 1. The lowest BCUT2D eigenvalue weighted by Gasteiger charge is -2.08. The number of aryl methyl sites for hydroxylation is 1. The van der Waals surface area contributed by atoms with Gasteiger partial charge < -0.3 is 9.47 Å². The Kier molecular flexibility index (Phi) is 5.04. The molecular formula is C19H17N5O3. The van der Waals surface area contributed by atoms with Crippen LogP contribution in [0.15, 0.2) is 36.4 Å². The minimum atomic E-state index is -0.392. The fourth-order valence-corrected chi connectivity index (χ4v) is 2.54. The van der Waals surface area contributed by atoms with Crippen molar-refractivity contribution in [3.8, 4) is 29.0 Å². The van der Waals surface area contributed by atoms with Crippen LogP contribution in [0.3, 0.4) is 0 Å². The molecule has 8 nitrogen and oxygen atoms in total. The maximum absolute atomic E-state index is 12.5. The van der Waals surface area contributed by atoms with E-state index in [2.05, 4.69) is 20.5 Å². The molecule has 1 amide bonds. The first-order valence-electron chi connectivity index (χ1n) is 8.02. The zero-order chi connectivity index (χ0) is 19.4. The van der Waals surface area contributed by atoms with E-state index >= 15 is 0 Å². The minimum Gasteiger partial charge on any atom is -0.497 e. The van der Waals surface area contributed by atoms with Crippen molar-refractivity contribution in [2.75, 3.05) is 19.5 Å². The number of nitriles is 1. The van der Waals surface area contributed by atoms with Gasteiger partial charge in [-0.2, -0.15) is 10.2 Å². The molecule has 1 aromatic heterocycles. The summed E-state index contributed by atoms with van der Waals surface area (Å²) in [6.07, 6.45) is 0. The van der Waals surface area contributed by atoms with Gasteiger partial charge in [-0.3, -0.25) is 15.2 Å². The number of aromatic nitrogens is 3. The molecule has 3 rings (SSSR count). The lowest BCUT2D eigenvalue weighted by Crippen LogP contribution is -2.14. The van der Waals surface area contributed by atoms with Gasteiger partial charge in [0.1, 0.15) is 11.5 Å². The van der Waals surface area contributed by atoms with E-state index in [1.54, 1.807) is 51.5 Å². The summed E-state index contributed by atoms with van der Waals surface area (Å²) in [5.74, 6) is 1.37. The molecule has 0 fully saturated rings. The summed E-state index contributed by atoms with van der Waals surface area (Å²) in [5, 5.41) is 18.4. The molecule has 0 aliphatic rings. The van der Waals surface area contributed by atoms with E-state index in [0.29, 0.717) is 34.0 Å². The molecular weight excluding hydrogens is 346 g/mol. The average molecular weight is 363 g/mol. The molecule has 0 saturated carbocycles. The van der Waals surface area contributed by atoms with Crippen LogP contribution in [0.4, 0.5) is 5.95 Å². The van der Waals surface area contributed by atoms with Crippen LogP contribution in [0.1, 0.15) is 21.5 Å². The Morgan fingerprint density at radius 2 is 2.00 bits per heavy atom. The molecule has 0 unspecified atom stereocenters. The van der Waals surface area contributed by atoms with Crippen LogP contribution in [0, 0.1) is 18.3 Å². The molecule has 0 atom stereocenters. The van der Waals surface area contributed by atoms with Gasteiger partial charge in [0.25, 0.3) is 5.91 Å². The first kappa shape index (κ1) is 17.9. The summed E-state index contributed by atoms with van der Waals surface area (Å²) in [7, 11) is 3.11. The number of nitrogens with one attached hydrogen (secondary N) is 2. The molecule has 27 heavy (non-hydrogen) atoms. The summed E-state index contributed by atoms with van der Waals surface area (Å²) in [4.78, 5) is 16.8. The number of hydrogen-bond acceptors (Lipinski definition) is 6. The Morgan fingerprint density at radius 1 is 1.19 bits per heavy atom. The van der Waals surface area contributed by atoms with Crippen LogP contribution in [0.2, 0.25) is 0 Å². The fourth-order valence-electron chi connectivity index (χ4n) is 2.54. The summed E-state index contributed by atoms with van der Waals surface area (Å²) in [6.45, 7) is 1.79. The van der Waals surface area contributed by atoms with Crippen molar-refractivity contribution in [3.05, 3.63) is 53.1 Å². The molecule has 0 bridgehead atoms. The smallest absolute Gasteiger partial charge is 0.258 e. The van der Waals surface area contributed by atoms with Gasteiger partial charge >= 0.3 is 0 Å². The summed E-state index contributed by atoms with van der Waals surface area (Å²) < 4.78 is 10.5. The van der Waals surface area contributed by atoms with E-state index < -0.39 is 5.91 Å². The van der Waals surface area contributed by atoms with Gasteiger partial charge in [0.15, 0.2) is 5.82 Å². The summed E-state index contributed by atoms with van der Waals surface area (Å²) in [6, 6.07) is 12.2. The topological polar surface area (TPSA) is 113 Å². The largest absolute Gasteiger partial charge is 0.497 e. The molecule has 0 radical (unpaired) electrons. The number of anilines is 1. The second-order valence-corrected chi connectivity index (χ2v) is 5.67. The average Bonchev–Trinajstić information content (AvgIpc) is 3.15. The second-order valence-electron chi connectivity index (χ2n) is 5.67. The van der Waals surface area contributed by atoms with Gasteiger partial charge in [0.2, 0.25) is 5.95 Å². The molecule has 0 saturated heterocycles. The molecule has 2 N–H and O–H groups in total. The molecule has 1 heterocycles. The Bertz CT molecular complexity index is 1040. The monoisotopic (exact) mass is 363 g/mol. The van der Waals surface area contributed by atoms with Crippen LogP contribution in [0.25, 0.3) is 11.4 Å². The lowest BCUT2D eigenvalue weighted by molar-refractivity contribution is 0.102. The van der Waals surface area contributed by atoms with Crippen LogP contribution >= 0.6 is 0 Å². The highest BCUT2D eigenvalue weighted by atomic mass is 16.5. The van der Waals surface area contributed by atoms with Crippen LogP contribution in [0.5, 0.6) is 11.5 Å².